The number of hydrogen-bond acceptors (Lipinski definition) is 20. The summed E-state index contributed by atoms with van der Waals surface area (Å²) in [6, 6.07) is 0. The van der Waals surface area contributed by atoms with Crippen molar-refractivity contribution in [1.29, 1.82) is 0 Å². The fourth-order valence-corrected chi connectivity index (χ4v) is 3.54. The molecule has 0 aliphatic heterocycles. The second-order valence-corrected chi connectivity index (χ2v) is 14.3. The Balaban J connectivity index is -0.0000000765. The van der Waals surface area contributed by atoms with Crippen molar-refractivity contribution in [3.63, 3.8) is 0 Å². The van der Waals surface area contributed by atoms with Crippen LogP contribution < -0.4 is 0 Å². The summed E-state index contributed by atoms with van der Waals surface area (Å²) in [7, 11) is 17.4. The van der Waals surface area contributed by atoms with Crippen molar-refractivity contribution in [2.75, 3.05) is 151 Å². The van der Waals surface area contributed by atoms with Gasteiger partial charge in [-0.05, 0) is 32.6 Å². The third-order valence-corrected chi connectivity index (χ3v) is 7.94. The van der Waals surface area contributed by atoms with Crippen LogP contribution in [0.4, 0.5) is 0 Å². The lowest BCUT2D eigenvalue weighted by Crippen LogP contribution is -2.07. The van der Waals surface area contributed by atoms with E-state index < -0.39 is 0 Å². The number of ether oxygens (including phenoxy) is 12. The second-order valence-electron chi connectivity index (χ2n) is 14.3. The van der Waals surface area contributed by atoms with Gasteiger partial charge in [-0.25, -0.2) is 0 Å². The van der Waals surface area contributed by atoms with Gasteiger partial charge >= 0.3 is 11.9 Å². The molecule has 0 saturated carbocycles. The Labute approximate surface area is 443 Å². The highest BCUT2D eigenvalue weighted by atomic mass is 16.6. The van der Waals surface area contributed by atoms with Crippen LogP contribution in [0, 0.1) is 0 Å². The van der Waals surface area contributed by atoms with Crippen LogP contribution >= 0.6 is 0 Å². The lowest BCUT2D eigenvalue weighted by atomic mass is 10.2. The summed E-state index contributed by atoms with van der Waals surface area (Å²) in [6.07, 6.45) is 9.85. The van der Waals surface area contributed by atoms with Crippen LogP contribution in [0.3, 0.4) is 0 Å². The molecule has 0 aliphatic rings. The average Bonchev–Trinajstić information content (AvgIpc) is 3.38. The third kappa shape index (κ3) is 129. The Bertz CT molecular complexity index is 1030. The molecule has 0 atom stereocenters. The predicted molar refractivity (Wildman–Crippen MR) is 287 cm³/mol. The smallest absolute Gasteiger partial charge is 0.305 e. The van der Waals surface area contributed by atoms with Crippen LogP contribution in [0.2, 0.25) is 0 Å². The highest BCUT2D eigenvalue weighted by Crippen LogP contribution is 1.95. The van der Waals surface area contributed by atoms with Crippen molar-refractivity contribution in [2.45, 2.75) is 152 Å². The Morgan fingerprint density at radius 2 is 0.575 bits per heavy atom. The van der Waals surface area contributed by atoms with Crippen LogP contribution in [0.5, 0.6) is 0 Å². The Morgan fingerprint density at radius 3 is 0.822 bits per heavy atom. The zero-order valence-corrected chi connectivity index (χ0v) is 48.5. The van der Waals surface area contributed by atoms with Gasteiger partial charge in [-0.1, -0.05) is 49.0 Å². The monoisotopic (exact) mass is 1070 g/mol. The summed E-state index contributed by atoms with van der Waals surface area (Å²) < 4.78 is 55.9. The van der Waals surface area contributed by atoms with Crippen LogP contribution in [0.25, 0.3) is 0 Å². The first kappa shape index (κ1) is 92.2. The maximum absolute atomic E-state index is 10.6. The van der Waals surface area contributed by atoms with Gasteiger partial charge in [0.05, 0.1) is 33.5 Å². The molecule has 0 N–H and O–H groups in total. The van der Waals surface area contributed by atoms with Gasteiger partial charge in [0, 0.05) is 168 Å². The fraction of sp³-hybridized carbons (Fsp3) is 0.849. The van der Waals surface area contributed by atoms with Crippen LogP contribution in [-0.2, 0) is 95.2 Å². The number of ketones is 6. The van der Waals surface area contributed by atoms with Crippen LogP contribution in [0.15, 0.2) is 0 Å². The minimum absolute atomic E-state index is 0. The standard InChI is InChI=1S/2C7H14O2.2C6H12O3.2C6H12O2.2C5H10O2.C4H10O2.CH4/c2*1-3-7(8)5-4-6-9-2;1-8-5-3-4-6(7)9-2;1-3-6(7)9-5-4-8-2;1-6(7)4-3-5-8-2;1-3-6(7)4-5-8-2;2*1-3-5(6)4-7-2;1-5-3-4-6-2;/h2*3-6H2,1-2H3;2*3-5H2,1-2H3;2*3-5H2,1-2H3;2*3-4H2,1-2H3;3-4H2,1-2H3;1H4. The van der Waals surface area contributed by atoms with Crippen molar-refractivity contribution >= 4 is 46.6 Å². The number of rotatable bonds is 35. The van der Waals surface area contributed by atoms with E-state index in [4.69, 9.17) is 23.7 Å². The van der Waals surface area contributed by atoms with Crippen molar-refractivity contribution in [3.05, 3.63) is 0 Å². The maximum Gasteiger partial charge on any atom is 0.305 e. The van der Waals surface area contributed by atoms with Gasteiger partial charge < -0.3 is 61.6 Å². The number of carbonyl (C=O) groups excluding carboxylic acids is 8. The zero-order valence-electron chi connectivity index (χ0n) is 48.5. The molecule has 0 rings (SSSR count). The first-order valence-corrected chi connectivity index (χ1v) is 24.5. The molecule has 0 spiro atoms. The van der Waals surface area contributed by atoms with Crippen molar-refractivity contribution < 1.29 is 95.2 Å². The molecule has 73 heavy (non-hydrogen) atoms. The summed E-state index contributed by atoms with van der Waals surface area (Å²) in [6.45, 7) is 18.6. The summed E-state index contributed by atoms with van der Waals surface area (Å²) in [5.74, 6) is 1.12. The summed E-state index contributed by atoms with van der Waals surface area (Å²) in [5.41, 5.74) is 0. The summed E-state index contributed by atoms with van der Waals surface area (Å²) >= 11 is 0. The molecule has 0 aromatic carbocycles. The Kier molecular flexibility index (Phi) is 115. The highest BCUT2D eigenvalue weighted by Gasteiger charge is 1.99. The van der Waals surface area contributed by atoms with Crippen molar-refractivity contribution in [1.82, 2.24) is 0 Å². The second kappa shape index (κ2) is 91.3. The molecule has 0 heterocycles. The molecule has 0 aliphatic carbocycles. The molecule has 20 heteroatoms. The molecular weight excluding hydrogens is 957 g/mol. The van der Waals surface area contributed by atoms with E-state index >= 15 is 0 Å². The van der Waals surface area contributed by atoms with Crippen molar-refractivity contribution in [2.24, 2.45) is 0 Å². The van der Waals surface area contributed by atoms with E-state index in [2.05, 4.69) is 33.2 Å². The number of Topliss-reactive ketones (excluding diaryl/α,β-unsaturated/α-hetero) is 6. The molecule has 0 aromatic rings. The largest absolute Gasteiger partial charge is 0.469 e. The lowest BCUT2D eigenvalue weighted by molar-refractivity contribution is -0.144. The van der Waals surface area contributed by atoms with Gasteiger partial charge in [0.2, 0.25) is 0 Å². The predicted octanol–water partition coefficient (Wildman–Crippen LogP) is 8.10. The fourth-order valence-electron chi connectivity index (χ4n) is 3.54. The molecule has 0 fully saturated rings. The molecule has 0 unspecified atom stereocenters. The SMILES string of the molecule is C.CCC(=O)CCCOC.CCC(=O)CCCOC.CCC(=O)CCOC.CCC(=O)COC.CCC(=O)COC.CCC(=O)OCCOC.COCCCC(=O)OC.COCCCC(C)=O.COCCOC. The number of esters is 2. The minimum Gasteiger partial charge on any atom is -0.469 e. The van der Waals surface area contributed by atoms with E-state index in [1.54, 1.807) is 70.7 Å². The molecule has 0 saturated heterocycles. The number of methoxy groups -OCH3 is 11. The van der Waals surface area contributed by atoms with Crippen LogP contribution in [0.1, 0.15) is 152 Å². The Morgan fingerprint density at radius 1 is 0.288 bits per heavy atom. The molecule has 442 valence electrons. The van der Waals surface area contributed by atoms with Gasteiger partial charge in [0.25, 0.3) is 0 Å². The normalized spacial score (nSPS) is 9.07. The minimum atomic E-state index is -0.174. The highest BCUT2D eigenvalue weighted by molar-refractivity contribution is 5.80. The molecule has 0 radical (unpaired) electrons. The summed E-state index contributed by atoms with van der Waals surface area (Å²) in [5, 5.41) is 0. The molecule has 20 nitrogen and oxygen atoms in total. The molecule has 0 aromatic heterocycles. The Hall–Kier alpha value is -3.44. The zero-order chi connectivity index (χ0) is 57.5. The van der Waals surface area contributed by atoms with Gasteiger partial charge in [-0.3, -0.25) is 33.6 Å². The number of carbonyl (C=O) groups is 8. The van der Waals surface area contributed by atoms with E-state index in [9.17, 15) is 38.4 Å². The van der Waals surface area contributed by atoms with Gasteiger partial charge in [-0.15, -0.1) is 0 Å². The van der Waals surface area contributed by atoms with E-state index in [0.29, 0.717) is 142 Å². The van der Waals surface area contributed by atoms with Gasteiger partial charge in [0.15, 0.2) is 11.6 Å². The molecule has 0 amide bonds. The first-order chi connectivity index (χ1) is 34.3. The van der Waals surface area contributed by atoms with Gasteiger partial charge in [-0.2, -0.15) is 0 Å². The topological polar surface area (TPSA) is 247 Å². The van der Waals surface area contributed by atoms with E-state index in [-0.39, 0.29) is 55.7 Å². The molecule has 0 bridgehead atoms. The van der Waals surface area contributed by atoms with Crippen molar-refractivity contribution in [3.8, 4) is 0 Å². The number of hydrogen-bond donors (Lipinski definition) is 0. The van der Waals surface area contributed by atoms with Gasteiger partial charge in [0.1, 0.15) is 43.0 Å². The third-order valence-electron chi connectivity index (χ3n) is 7.94. The van der Waals surface area contributed by atoms with Crippen LogP contribution in [-0.4, -0.2) is 198 Å². The van der Waals surface area contributed by atoms with E-state index in [0.717, 1.165) is 25.7 Å². The molecular formula is C53H110O20. The lowest BCUT2D eigenvalue weighted by Gasteiger charge is -1.99. The van der Waals surface area contributed by atoms with E-state index in [1.807, 2.05) is 34.6 Å². The maximum atomic E-state index is 10.6. The van der Waals surface area contributed by atoms with E-state index in [1.165, 1.54) is 21.3 Å². The summed E-state index contributed by atoms with van der Waals surface area (Å²) in [4.78, 5) is 83.4. The average molecular weight is 1070 g/mol. The first-order valence-electron chi connectivity index (χ1n) is 24.5. The quantitative estimate of drug-likeness (QED) is 0.0429.